The van der Waals surface area contributed by atoms with E-state index < -0.39 is 0 Å². The third-order valence-corrected chi connectivity index (χ3v) is 4.54. The van der Waals surface area contributed by atoms with Gasteiger partial charge in [0.05, 0.1) is 11.2 Å². The van der Waals surface area contributed by atoms with Gasteiger partial charge in [0, 0.05) is 6.54 Å². The highest BCUT2D eigenvalue weighted by molar-refractivity contribution is 8.18. The Morgan fingerprint density at radius 3 is 2.67 bits per heavy atom. The molecule has 1 aromatic carbocycles. The van der Waals surface area contributed by atoms with Gasteiger partial charge in [-0.3, -0.25) is 14.5 Å². The van der Waals surface area contributed by atoms with Crippen LogP contribution in [0, 0.1) is 0 Å². The number of furan rings is 1. The molecule has 2 heterocycles. The lowest BCUT2D eigenvalue weighted by molar-refractivity contribution is -0.122. The molecule has 0 unspecified atom stereocenters. The van der Waals surface area contributed by atoms with Crippen LogP contribution in [0.15, 0.2) is 70.2 Å². The largest absolute Gasteiger partial charge is 0.465 e. The molecular weight excluding hydrogens is 322 g/mol. The quantitative estimate of drug-likeness (QED) is 0.727. The van der Waals surface area contributed by atoms with Gasteiger partial charge in [-0.25, -0.2) is 0 Å². The van der Waals surface area contributed by atoms with Gasteiger partial charge >= 0.3 is 0 Å². The molecule has 24 heavy (non-hydrogen) atoms. The summed E-state index contributed by atoms with van der Waals surface area (Å²) in [5.74, 6) is 0.482. The first-order chi connectivity index (χ1) is 11.7. The van der Waals surface area contributed by atoms with E-state index in [9.17, 15) is 9.59 Å². The zero-order valence-electron chi connectivity index (χ0n) is 13.1. The summed E-state index contributed by atoms with van der Waals surface area (Å²) in [6.07, 6.45) is 8.33. The molecule has 0 bridgehead atoms. The first-order valence-corrected chi connectivity index (χ1v) is 8.55. The summed E-state index contributed by atoms with van der Waals surface area (Å²) in [5, 5.41) is -0.203. The molecule has 1 aliphatic heterocycles. The van der Waals surface area contributed by atoms with Crippen molar-refractivity contribution in [1.29, 1.82) is 0 Å². The molecule has 0 radical (unpaired) electrons. The van der Waals surface area contributed by atoms with Crippen LogP contribution in [-0.2, 0) is 11.2 Å². The zero-order valence-corrected chi connectivity index (χ0v) is 13.9. The standard InChI is InChI=1S/C19H17NO3S/c21-18-17(12-4-10-16-11-6-14-23-16)24-19(22)20(18)13-5-9-15-7-2-1-3-8-15/h1-4,6-8,10-12,14H,5,9,13H2/b10-4+,17-12-. The SMILES string of the molecule is O=C1S/C(=C\C=C\c2ccco2)C(=O)N1CCCc1ccccc1. The van der Waals surface area contributed by atoms with Crippen molar-refractivity contribution in [3.05, 3.63) is 77.1 Å². The Morgan fingerprint density at radius 2 is 1.92 bits per heavy atom. The van der Waals surface area contributed by atoms with E-state index in [1.165, 1.54) is 10.5 Å². The van der Waals surface area contributed by atoms with E-state index in [1.54, 1.807) is 30.6 Å². The second-order valence-electron chi connectivity index (χ2n) is 5.32. The van der Waals surface area contributed by atoms with Crippen LogP contribution >= 0.6 is 11.8 Å². The maximum atomic E-state index is 12.3. The number of allylic oxidation sites excluding steroid dienone is 2. The Kier molecular flexibility index (Phi) is 5.33. The number of carbonyl (C=O) groups excluding carboxylic acids is 2. The summed E-state index contributed by atoms with van der Waals surface area (Å²) in [6, 6.07) is 13.7. The van der Waals surface area contributed by atoms with Crippen molar-refractivity contribution in [3.8, 4) is 0 Å². The minimum atomic E-state index is -0.220. The number of rotatable bonds is 6. The monoisotopic (exact) mass is 339 g/mol. The van der Waals surface area contributed by atoms with Crippen molar-refractivity contribution >= 4 is 29.0 Å². The topological polar surface area (TPSA) is 50.5 Å². The molecule has 1 aromatic heterocycles. The fourth-order valence-corrected chi connectivity index (χ4v) is 3.23. The number of amides is 2. The predicted molar refractivity (Wildman–Crippen MR) is 95.3 cm³/mol. The van der Waals surface area contributed by atoms with E-state index in [1.807, 2.05) is 36.4 Å². The summed E-state index contributed by atoms with van der Waals surface area (Å²) >= 11 is 0.982. The van der Waals surface area contributed by atoms with Crippen molar-refractivity contribution in [2.75, 3.05) is 6.54 Å². The molecule has 0 atom stereocenters. The number of hydrogen-bond acceptors (Lipinski definition) is 4. The van der Waals surface area contributed by atoms with Gasteiger partial charge in [0.2, 0.25) is 0 Å². The molecule has 3 rings (SSSR count). The van der Waals surface area contributed by atoms with Crippen molar-refractivity contribution in [3.63, 3.8) is 0 Å². The average Bonchev–Trinajstić information content (AvgIpc) is 3.19. The Morgan fingerprint density at radius 1 is 1.08 bits per heavy atom. The number of hydrogen-bond donors (Lipinski definition) is 0. The van der Waals surface area contributed by atoms with Crippen molar-refractivity contribution in [1.82, 2.24) is 4.90 Å². The molecule has 122 valence electrons. The molecule has 5 heteroatoms. The number of benzene rings is 1. The first kappa shape index (κ1) is 16.3. The van der Waals surface area contributed by atoms with E-state index in [2.05, 4.69) is 0 Å². The van der Waals surface area contributed by atoms with Crippen LogP contribution in [0.2, 0.25) is 0 Å². The van der Waals surface area contributed by atoms with Gasteiger partial charge < -0.3 is 4.42 Å². The van der Waals surface area contributed by atoms with Crippen LogP contribution in [0.25, 0.3) is 6.08 Å². The zero-order chi connectivity index (χ0) is 16.8. The molecule has 1 saturated heterocycles. The number of aryl methyl sites for hydroxylation is 1. The van der Waals surface area contributed by atoms with E-state index in [4.69, 9.17) is 4.42 Å². The van der Waals surface area contributed by atoms with E-state index in [0.29, 0.717) is 17.2 Å². The van der Waals surface area contributed by atoms with Crippen LogP contribution in [0.3, 0.4) is 0 Å². The van der Waals surface area contributed by atoms with Crippen LogP contribution < -0.4 is 0 Å². The fraction of sp³-hybridized carbons (Fsp3) is 0.158. The molecule has 0 saturated carbocycles. The normalized spacial score (nSPS) is 16.7. The highest BCUT2D eigenvalue weighted by Gasteiger charge is 2.34. The van der Waals surface area contributed by atoms with Gasteiger partial charge in [-0.15, -0.1) is 0 Å². The molecule has 1 fully saturated rings. The summed E-state index contributed by atoms with van der Waals surface area (Å²) in [7, 11) is 0. The molecule has 0 spiro atoms. The van der Waals surface area contributed by atoms with Crippen molar-refractivity contribution < 1.29 is 14.0 Å². The molecule has 2 amide bonds. The molecule has 0 aliphatic carbocycles. The van der Waals surface area contributed by atoms with Gasteiger partial charge in [-0.05, 0) is 54.5 Å². The fourth-order valence-electron chi connectivity index (χ4n) is 2.41. The molecular formula is C19H17NO3S. The van der Waals surface area contributed by atoms with Crippen LogP contribution in [-0.4, -0.2) is 22.6 Å². The third-order valence-electron chi connectivity index (χ3n) is 3.61. The Hall–Kier alpha value is -2.53. The minimum absolute atomic E-state index is 0.203. The number of imide groups is 1. The summed E-state index contributed by atoms with van der Waals surface area (Å²) in [6.45, 7) is 0.443. The van der Waals surface area contributed by atoms with Crippen LogP contribution in [0.4, 0.5) is 4.79 Å². The van der Waals surface area contributed by atoms with E-state index in [0.717, 1.165) is 24.6 Å². The van der Waals surface area contributed by atoms with Gasteiger partial charge in [0.15, 0.2) is 0 Å². The summed E-state index contributed by atoms with van der Waals surface area (Å²) in [4.78, 5) is 26.1. The molecule has 0 N–H and O–H groups in total. The minimum Gasteiger partial charge on any atom is -0.465 e. The summed E-state index contributed by atoms with van der Waals surface area (Å²) in [5.41, 5.74) is 1.21. The van der Waals surface area contributed by atoms with Crippen LogP contribution in [0.5, 0.6) is 0 Å². The van der Waals surface area contributed by atoms with E-state index in [-0.39, 0.29) is 11.1 Å². The van der Waals surface area contributed by atoms with Gasteiger partial charge in [-0.1, -0.05) is 36.4 Å². The Balaban J connectivity index is 1.55. The Bertz CT molecular complexity index is 763. The lowest BCUT2D eigenvalue weighted by atomic mass is 10.1. The maximum absolute atomic E-state index is 12.3. The second kappa shape index (κ2) is 7.84. The summed E-state index contributed by atoms with van der Waals surface area (Å²) < 4.78 is 5.18. The lowest BCUT2D eigenvalue weighted by Crippen LogP contribution is -2.29. The van der Waals surface area contributed by atoms with Gasteiger partial charge in [-0.2, -0.15) is 0 Å². The van der Waals surface area contributed by atoms with Gasteiger partial charge in [0.1, 0.15) is 5.76 Å². The number of nitrogens with zero attached hydrogens (tertiary/aromatic N) is 1. The highest BCUT2D eigenvalue weighted by Crippen LogP contribution is 2.30. The Labute approximate surface area is 144 Å². The molecule has 4 nitrogen and oxygen atoms in total. The maximum Gasteiger partial charge on any atom is 0.293 e. The molecule has 2 aromatic rings. The smallest absolute Gasteiger partial charge is 0.293 e. The second-order valence-corrected chi connectivity index (χ2v) is 6.31. The van der Waals surface area contributed by atoms with E-state index >= 15 is 0 Å². The molecule has 1 aliphatic rings. The lowest BCUT2D eigenvalue weighted by Gasteiger charge is -2.11. The first-order valence-electron chi connectivity index (χ1n) is 7.73. The van der Waals surface area contributed by atoms with Crippen molar-refractivity contribution in [2.45, 2.75) is 12.8 Å². The van der Waals surface area contributed by atoms with Crippen molar-refractivity contribution in [2.24, 2.45) is 0 Å². The highest BCUT2D eigenvalue weighted by atomic mass is 32.2. The number of thioether (sulfide) groups is 1. The predicted octanol–water partition coefficient (Wildman–Crippen LogP) is 4.50. The third kappa shape index (κ3) is 4.06. The van der Waals surface area contributed by atoms with Crippen LogP contribution in [0.1, 0.15) is 17.7 Å². The number of carbonyl (C=O) groups is 2. The average molecular weight is 339 g/mol. The van der Waals surface area contributed by atoms with Gasteiger partial charge in [0.25, 0.3) is 11.1 Å².